The van der Waals surface area contributed by atoms with Crippen molar-refractivity contribution in [2.24, 2.45) is 0 Å². The van der Waals surface area contributed by atoms with Gasteiger partial charge in [0.05, 0.1) is 20.8 Å². The molecule has 4 rings (SSSR count). The van der Waals surface area contributed by atoms with Gasteiger partial charge in [-0.1, -0.05) is 29.5 Å². The highest BCUT2D eigenvalue weighted by atomic mass is 32.2. The monoisotopic (exact) mass is 455 g/mol. The van der Waals surface area contributed by atoms with E-state index in [0.717, 1.165) is 11.3 Å². The number of halogens is 1. The molecule has 31 heavy (non-hydrogen) atoms. The van der Waals surface area contributed by atoms with Crippen LogP contribution in [0, 0.1) is 5.82 Å². The average Bonchev–Trinajstić information content (AvgIpc) is 3.16. The number of amides is 1. The Morgan fingerprint density at radius 2 is 1.77 bits per heavy atom. The summed E-state index contributed by atoms with van der Waals surface area (Å²) in [6, 6.07) is 18.8. The van der Waals surface area contributed by atoms with Crippen LogP contribution in [-0.2, 0) is 10.0 Å². The molecule has 0 aliphatic heterocycles. The third-order valence-electron chi connectivity index (χ3n) is 4.61. The van der Waals surface area contributed by atoms with E-state index in [1.54, 1.807) is 37.3 Å². The lowest BCUT2D eigenvalue weighted by molar-refractivity contribution is 0.102. The third kappa shape index (κ3) is 4.28. The highest BCUT2D eigenvalue weighted by molar-refractivity contribution is 7.92. The number of sulfonamides is 1. The Morgan fingerprint density at radius 1 is 1.06 bits per heavy atom. The molecule has 9 heteroatoms. The van der Waals surface area contributed by atoms with Gasteiger partial charge in [0.2, 0.25) is 0 Å². The third-order valence-corrected chi connectivity index (χ3v) is 7.46. The number of rotatable bonds is 6. The fourth-order valence-electron chi connectivity index (χ4n) is 3.11. The van der Waals surface area contributed by atoms with Gasteiger partial charge in [-0.25, -0.2) is 17.8 Å². The SMILES string of the molecule is CCN(c1ccccc1)S(=O)(=O)c1ccc(C(=O)Nc2nc3ccc(F)cc3s2)cc1. The van der Waals surface area contributed by atoms with Gasteiger partial charge < -0.3 is 0 Å². The zero-order valence-corrected chi connectivity index (χ0v) is 18.1. The van der Waals surface area contributed by atoms with Crippen LogP contribution in [0.2, 0.25) is 0 Å². The molecule has 1 heterocycles. The topological polar surface area (TPSA) is 79.4 Å². The summed E-state index contributed by atoms with van der Waals surface area (Å²) in [4.78, 5) is 16.9. The van der Waals surface area contributed by atoms with Gasteiger partial charge in [0, 0.05) is 12.1 Å². The van der Waals surface area contributed by atoms with E-state index in [1.807, 2.05) is 6.07 Å². The standard InChI is InChI=1S/C22H18FN3O3S2/c1-2-26(17-6-4-3-5-7-17)31(28,29)18-11-8-15(9-12-18)21(27)25-22-24-19-13-10-16(23)14-20(19)30-22/h3-14H,2H2,1H3,(H,24,25,27). The van der Waals surface area contributed by atoms with Crippen LogP contribution < -0.4 is 9.62 Å². The van der Waals surface area contributed by atoms with E-state index in [9.17, 15) is 17.6 Å². The highest BCUT2D eigenvalue weighted by Crippen LogP contribution is 2.27. The minimum atomic E-state index is -3.77. The maximum absolute atomic E-state index is 13.3. The van der Waals surface area contributed by atoms with Crippen LogP contribution in [0.15, 0.2) is 77.7 Å². The fraction of sp³-hybridized carbons (Fsp3) is 0.0909. The number of carbonyl (C=O) groups is 1. The Balaban J connectivity index is 1.54. The Bertz CT molecular complexity index is 1340. The number of benzene rings is 3. The quantitative estimate of drug-likeness (QED) is 0.448. The number of fused-ring (bicyclic) bond motifs is 1. The second-order valence-electron chi connectivity index (χ2n) is 6.61. The molecule has 1 amide bonds. The number of hydrogen-bond acceptors (Lipinski definition) is 5. The molecule has 1 aromatic heterocycles. The molecule has 0 saturated heterocycles. The van der Waals surface area contributed by atoms with Crippen LogP contribution in [0.25, 0.3) is 10.2 Å². The lowest BCUT2D eigenvalue weighted by Gasteiger charge is -2.22. The van der Waals surface area contributed by atoms with Crippen LogP contribution in [0.5, 0.6) is 0 Å². The molecule has 0 radical (unpaired) electrons. The molecular formula is C22H18FN3O3S2. The summed E-state index contributed by atoms with van der Waals surface area (Å²) >= 11 is 1.16. The zero-order chi connectivity index (χ0) is 22.0. The molecule has 0 unspecified atom stereocenters. The van der Waals surface area contributed by atoms with Gasteiger partial charge in [0.1, 0.15) is 5.82 Å². The predicted molar refractivity (Wildman–Crippen MR) is 121 cm³/mol. The van der Waals surface area contributed by atoms with Gasteiger partial charge in [-0.05, 0) is 61.5 Å². The number of thiazole rings is 1. The molecule has 3 aromatic carbocycles. The lowest BCUT2D eigenvalue weighted by Crippen LogP contribution is -2.30. The molecule has 0 spiro atoms. The molecule has 0 fully saturated rings. The minimum Gasteiger partial charge on any atom is -0.298 e. The van der Waals surface area contributed by atoms with Crippen molar-refractivity contribution in [3.63, 3.8) is 0 Å². The first-order valence-corrected chi connectivity index (χ1v) is 11.7. The van der Waals surface area contributed by atoms with Crippen molar-refractivity contribution < 1.29 is 17.6 Å². The van der Waals surface area contributed by atoms with E-state index in [4.69, 9.17) is 0 Å². The van der Waals surface area contributed by atoms with Gasteiger partial charge in [-0.3, -0.25) is 14.4 Å². The smallest absolute Gasteiger partial charge is 0.264 e. The molecule has 0 aliphatic carbocycles. The first kappa shape index (κ1) is 21.0. The van der Waals surface area contributed by atoms with E-state index in [2.05, 4.69) is 10.3 Å². The molecule has 0 atom stereocenters. The summed E-state index contributed by atoms with van der Waals surface area (Å²) in [7, 11) is -3.77. The van der Waals surface area contributed by atoms with E-state index in [0.29, 0.717) is 21.0 Å². The minimum absolute atomic E-state index is 0.0882. The summed E-state index contributed by atoms with van der Waals surface area (Å²) in [6.07, 6.45) is 0. The predicted octanol–water partition coefficient (Wildman–Crippen LogP) is 4.90. The van der Waals surface area contributed by atoms with Crippen LogP contribution in [0.3, 0.4) is 0 Å². The lowest BCUT2D eigenvalue weighted by atomic mass is 10.2. The molecule has 6 nitrogen and oxygen atoms in total. The van der Waals surface area contributed by atoms with Crippen molar-refractivity contribution >= 4 is 48.3 Å². The number of para-hydroxylation sites is 1. The number of nitrogens with one attached hydrogen (secondary N) is 1. The normalized spacial score (nSPS) is 11.4. The molecule has 0 aliphatic rings. The Hall–Kier alpha value is -3.30. The largest absolute Gasteiger partial charge is 0.298 e. The number of hydrogen-bond donors (Lipinski definition) is 1. The average molecular weight is 456 g/mol. The van der Waals surface area contributed by atoms with Crippen LogP contribution >= 0.6 is 11.3 Å². The second kappa shape index (κ2) is 8.44. The number of nitrogens with zero attached hydrogens (tertiary/aromatic N) is 2. The van der Waals surface area contributed by atoms with Crippen molar-refractivity contribution in [3.8, 4) is 0 Å². The van der Waals surface area contributed by atoms with Gasteiger partial charge >= 0.3 is 0 Å². The van der Waals surface area contributed by atoms with Crippen molar-refractivity contribution in [1.82, 2.24) is 4.98 Å². The summed E-state index contributed by atoms with van der Waals surface area (Å²) < 4.78 is 41.4. The van der Waals surface area contributed by atoms with Gasteiger partial charge in [0.15, 0.2) is 5.13 Å². The van der Waals surface area contributed by atoms with Crippen LogP contribution in [0.4, 0.5) is 15.2 Å². The van der Waals surface area contributed by atoms with Crippen molar-refractivity contribution in [3.05, 3.63) is 84.2 Å². The van der Waals surface area contributed by atoms with Crippen molar-refractivity contribution in [2.45, 2.75) is 11.8 Å². The Kier molecular flexibility index (Phi) is 5.71. The molecule has 0 saturated carbocycles. The Labute approximate surface area is 183 Å². The Morgan fingerprint density at radius 3 is 2.45 bits per heavy atom. The maximum Gasteiger partial charge on any atom is 0.264 e. The van der Waals surface area contributed by atoms with Crippen molar-refractivity contribution in [1.29, 1.82) is 0 Å². The zero-order valence-electron chi connectivity index (χ0n) is 16.4. The van der Waals surface area contributed by atoms with E-state index >= 15 is 0 Å². The second-order valence-corrected chi connectivity index (χ2v) is 9.51. The summed E-state index contributed by atoms with van der Waals surface area (Å²) in [5.41, 5.74) is 1.44. The van der Waals surface area contributed by atoms with Gasteiger partial charge in [-0.15, -0.1) is 0 Å². The van der Waals surface area contributed by atoms with Crippen LogP contribution in [0.1, 0.15) is 17.3 Å². The van der Waals surface area contributed by atoms with Crippen LogP contribution in [-0.4, -0.2) is 25.9 Å². The molecule has 158 valence electrons. The molecular weight excluding hydrogens is 437 g/mol. The van der Waals surface area contributed by atoms with Gasteiger partial charge in [0.25, 0.3) is 15.9 Å². The number of anilines is 2. The highest BCUT2D eigenvalue weighted by Gasteiger charge is 2.23. The van der Waals surface area contributed by atoms with E-state index in [1.165, 1.54) is 40.7 Å². The summed E-state index contributed by atoms with van der Waals surface area (Å²) in [5, 5.41) is 3.01. The molecule has 4 aromatic rings. The van der Waals surface area contributed by atoms with Crippen molar-refractivity contribution in [2.75, 3.05) is 16.2 Å². The number of carbonyl (C=O) groups excluding carboxylic acids is 1. The summed E-state index contributed by atoms with van der Waals surface area (Å²) in [6.45, 7) is 2.03. The number of aromatic nitrogens is 1. The first-order chi connectivity index (χ1) is 14.9. The summed E-state index contributed by atoms with van der Waals surface area (Å²) in [5.74, 6) is -0.804. The first-order valence-electron chi connectivity index (χ1n) is 9.44. The van der Waals surface area contributed by atoms with E-state index in [-0.39, 0.29) is 22.8 Å². The van der Waals surface area contributed by atoms with Gasteiger partial charge in [-0.2, -0.15) is 0 Å². The fourth-order valence-corrected chi connectivity index (χ4v) is 5.47. The maximum atomic E-state index is 13.3. The van der Waals surface area contributed by atoms with E-state index < -0.39 is 15.9 Å². The molecule has 1 N–H and O–H groups in total. The molecule has 0 bridgehead atoms.